The monoisotopic (exact) mass is 462 g/mol. The summed E-state index contributed by atoms with van der Waals surface area (Å²) in [4.78, 5) is 17.6. The molecule has 4 rings (SSSR count). The van der Waals surface area contributed by atoms with Gasteiger partial charge in [0.25, 0.3) is 0 Å². The van der Waals surface area contributed by atoms with Gasteiger partial charge in [-0.25, -0.2) is 9.07 Å². The maximum atomic E-state index is 13.4. The lowest BCUT2D eigenvalue weighted by Gasteiger charge is -2.33. The highest BCUT2D eigenvalue weighted by atomic mass is 19.1. The topological polar surface area (TPSA) is 41.4 Å². The van der Waals surface area contributed by atoms with Crippen LogP contribution in [-0.4, -0.2) is 38.1 Å². The molecule has 3 aromatic rings. The van der Waals surface area contributed by atoms with Crippen molar-refractivity contribution < 1.29 is 9.18 Å². The molecule has 1 aliphatic rings. The van der Waals surface area contributed by atoms with Crippen molar-refractivity contribution in [2.45, 2.75) is 66.7 Å². The molecule has 0 radical (unpaired) electrons. The Balaban J connectivity index is 1.68. The second kappa shape index (κ2) is 9.71. The third kappa shape index (κ3) is 5.22. The zero-order valence-electron chi connectivity index (χ0n) is 20.9. The number of hydrogen-bond donors (Lipinski definition) is 0. The molecule has 1 amide bonds. The molecule has 0 atom stereocenters. The normalized spacial score (nSPS) is 14.3. The molecular weight excluding hydrogens is 427 g/mol. The lowest BCUT2D eigenvalue weighted by atomic mass is 9.93. The summed E-state index contributed by atoms with van der Waals surface area (Å²) < 4.78 is 15.4. The Bertz CT molecular complexity index is 1130. The number of aromatic nitrogens is 2. The van der Waals surface area contributed by atoms with Gasteiger partial charge in [-0.05, 0) is 43.7 Å². The Morgan fingerprint density at radius 2 is 1.76 bits per heavy atom. The Morgan fingerprint density at radius 3 is 2.38 bits per heavy atom. The molecule has 34 heavy (non-hydrogen) atoms. The first kappa shape index (κ1) is 24.1. The molecule has 6 heteroatoms. The standard InChI is InChI=1S/C28H35FN4O/c1-20(2)32(27(34)28(3,4)5)19-25-24-18-31(17-21-11-13-22(29)14-12-21)16-15-26(24)33(30-25)23-9-7-6-8-10-23/h6-14,20H,15-19H2,1-5H3. The van der Waals surface area contributed by atoms with Crippen LogP contribution in [0.1, 0.15) is 57.1 Å². The molecule has 0 unspecified atom stereocenters. The van der Waals surface area contributed by atoms with E-state index >= 15 is 0 Å². The minimum absolute atomic E-state index is 0.0724. The fraction of sp³-hybridized carbons (Fsp3) is 0.429. The average Bonchev–Trinajstić information content (AvgIpc) is 3.16. The summed E-state index contributed by atoms with van der Waals surface area (Å²) in [6.45, 7) is 12.9. The van der Waals surface area contributed by atoms with Crippen molar-refractivity contribution in [1.82, 2.24) is 19.6 Å². The summed E-state index contributed by atoms with van der Waals surface area (Å²) in [7, 11) is 0. The summed E-state index contributed by atoms with van der Waals surface area (Å²) in [6.07, 6.45) is 0.868. The molecule has 0 saturated carbocycles. The number of carbonyl (C=O) groups excluding carboxylic acids is 1. The number of rotatable bonds is 6. The van der Waals surface area contributed by atoms with E-state index in [-0.39, 0.29) is 17.8 Å². The number of fused-ring (bicyclic) bond motifs is 1. The Hall–Kier alpha value is -2.99. The van der Waals surface area contributed by atoms with E-state index in [2.05, 4.69) is 35.6 Å². The van der Waals surface area contributed by atoms with E-state index in [0.29, 0.717) is 6.54 Å². The van der Waals surface area contributed by atoms with Crippen molar-refractivity contribution in [3.8, 4) is 5.69 Å². The molecule has 2 heterocycles. The highest BCUT2D eigenvalue weighted by Crippen LogP contribution is 2.29. The van der Waals surface area contributed by atoms with E-state index in [1.165, 1.54) is 23.4 Å². The highest BCUT2D eigenvalue weighted by molar-refractivity contribution is 5.81. The van der Waals surface area contributed by atoms with Gasteiger partial charge in [-0.1, -0.05) is 51.1 Å². The first-order valence-electron chi connectivity index (χ1n) is 12.1. The van der Waals surface area contributed by atoms with E-state index in [9.17, 15) is 9.18 Å². The molecule has 2 aromatic carbocycles. The lowest BCUT2D eigenvalue weighted by Crippen LogP contribution is -2.43. The van der Waals surface area contributed by atoms with Crippen LogP contribution in [0.5, 0.6) is 0 Å². The summed E-state index contributed by atoms with van der Waals surface area (Å²) in [5, 5.41) is 5.05. The number of amides is 1. The van der Waals surface area contributed by atoms with Gasteiger partial charge in [-0.2, -0.15) is 5.10 Å². The second-order valence-corrected chi connectivity index (χ2v) is 10.5. The lowest BCUT2D eigenvalue weighted by molar-refractivity contribution is -0.142. The molecule has 0 N–H and O–H groups in total. The fourth-order valence-corrected chi connectivity index (χ4v) is 4.52. The average molecular weight is 463 g/mol. The van der Waals surface area contributed by atoms with Crippen LogP contribution < -0.4 is 0 Å². The predicted octanol–water partition coefficient (Wildman–Crippen LogP) is 5.35. The van der Waals surface area contributed by atoms with Crippen LogP contribution in [-0.2, 0) is 30.8 Å². The van der Waals surface area contributed by atoms with Crippen molar-refractivity contribution in [3.63, 3.8) is 0 Å². The maximum absolute atomic E-state index is 13.4. The van der Waals surface area contributed by atoms with E-state index in [1.807, 2.05) is 56.0 Å². The minimum atomic E-state index is -0.457. The summed E-state index contributed by atoms with van der Waals surface area (Å²) in [5.74, 6) is -0.0853. The maximum Gasteiger partial charge on any atom is 0.228 e. The molecule has 180 valence electrons. The number of nitrogens with zero attached hydrogens (tertiary/aromatic N) is 4. The van der Waals surface area contributed by atoms with Crippen LogP contribution in [0.2, 0.25) is 0 Å². The molecule has 1 aromatic heterocycles. The minimum Gasteiger partial charge on any atom is -0.334 e. The molecule has 0 saturated heterocycles. The first-order valence-corrected chi connectivity index (χ1v) is 12.1. The van der Waals surface area contributed by atoms with Gasteiger partial charge in [-0.15, -0.1) is 0 Å². The SMILES string of the molecule is CC(C)N(Cc1nn(-c2ccccc2)c2c1CN(Cc1ccc(F)cc1)CC2)C(=O)C(C)(C)C. The van der Waals surface area contributed by atoms with Crippen LogP contribution in [0.4, 0.5) is 4.39 Å². The number of hydrogen-bond acceptors (Lipinski definition) is 3. The molecule has 1 aliphatic heterocycles. The van der Waals surface area contributed by atoms with Crippen molar-refractivity contribution >= 4 is 5.91 Å². The van der Waals surface area contributed by atoms with Crippen molar-refractivity contribution in [3.05, 3.63) is 82.9 Å². The predicted molar refractivity (Wildman–Crippen MR) is 133 cm³/mol. The Kier molecular flexibility index (Phi) is 6.89. The zero-order valence-corrected chi connectivity index (χ0v) is 20.9. The Labute approximate surface area is 202 Å². The third-order valence-electron chi connectivity index (χ3n) is 6.39. The third-order valence-corrected chi connectivity index (χ3v) is 6.39. The van der Waals surface area contributed by atoms with E-state index in [0.717, 1.165) is 43.0 Å². The number of carbonyl (C=O) groups is 1. The van der Waals surface area contributed by atoms with Crippen LogP contribution in [0, 0.1) is 11.2 Å². The van der Waals surface area contributed by atoms with Gasteiger partial charge in [-0.3, -0.25) is 9.69 Å². The van der Waals surface area contributed by atoms with Crippen LogP contribution in [0.3, 0.4) is 0 Å². The summed E-state index contributed by atoms with van der Waals surface area (Å²) in [6, 6.07) is 17.0. The van der Waals surface area contributed by atoms with Crippen LogP contribution in [0.15, 0.2) is 54.6 Å². The smallest absolute Gasteiger partial charge is 0.228 e. The fourth-order valence-electron chi connectivity index (χ4n) is 4.52. The van der Waals surface area contributed by atoms with Gasteiger partial charge in [0.05, 0.1) is 23.6 Å². The molecule has 0 bridgehead atoms. The molecule has 0 fully saturated rings. The van der Waals surface area contributed by atoms with E-state index in [1.54, 1.807) is 0 Å². The van der Waals surface area contributed by atoms with E-state index < -0.39 is 5.41 Å². The first-order chi connectivity index (χ1) is 16.1. The highest BCUT2D eigenvalue weighted by Gasteiger charge is 2.32. The number of benzene rings is 2. The summed E-state index contributed by atoms with van der Waals surface area (Å²) in [5.41, 5.74) is 5.03. The molecular formula is C28H35FN4O. The van der Waals surface area contributed by atoms with Crippen molar-refractivity contribution in [1.29, 1.82) is 0 Å². The largest absolute Gasteiger partial charge is 0.334 e. The molecule has 0 aliphatic carbocycles. The quantitative estimate of drug-likeness (QED) is 0.496. The summed E-state index contributed by atoms with van der Waals surface area (Å²) >= 11 is 0. The van der Waals surface area contributed by atoms with Crippen molar-refractivity contribution in [2.24, 2.45) is 5.41 Å². The van der Waals surface area contributed by atoms with Crippen LogP contribution in [0.25, 0.3) is 5.69 Å². The van der Waals surface area contributed by atoms with Gasteiger partial charge < -0.3 is 4.90 Å². The van der Waals surface area contributed by atoms with Gasteiger partial charge in [0, 0.05) is 43.1 Å². The van der Waals surface area contributed by atoms with Gasteiger partial charge in [0.2, 0.25) is 5.91 Å². The van der Waals surface area contributed by atoms with Gasteiger partial charge in [0.15, 0.2) is 0 Å². The van der Waals surface area contributed by atoms with Crippen LogP contribution >= 0.6 is 0 Å². The zero-order chi connectivity index (χ0) is 24.5. The molecule has 0 spiro atoms. The van der Waals surface area contributed by atoms with Crippen molar-refractivity contribution in [2.75, 3.05) is 6.54 Å². The second-order valence-electron chi connectivity index (χ2n) is 10.5. The van der Waals surface area contributed by atoms with E-state index in [4.69, 9.17) is 5.10 Å². The van der Waals surface area contributed by atoms with Gasteiger partial charge >= 0.3 is 0 Å². The van der Waals surface area contributed by atoms with Gasteiger partial charge in [0.1, 0.15) is 5.82 Å². The molecule has 5 nitrogen and oxygen atoms in total. The number of halogens is 1. The number of para-hydroxylation sites is 1. The Morgan fingerprint density at radius 1 is 1.09 bits per heavy atom.